The molecule has 0 bridgehead atoms. The summed E-state index contributed by atoms with van der Waals surface area (Å²) in [6.07, 6.45) is 1.53. The SMILES string of the molecule is C[C@@H](c1nnc(-c2cccs2)o1)[NH+]1CCN(C(=O)c2ccco2)CC1. The molecule has 8 heteroatoms. The van der Waals surface area contributed by atoms with Crippen LogP contribution in [0.15, 0.2) is 44.7 Å². The van der Waals surface area contributed by atoms with Gasteiger partial charge in [0.15, 0.2) is 11.8 Å². The molecular weight excluding hydrogens is 340 g/mol. The van der Waals surface area contributed by atoms with E-state index in [2.05, 4.69) is 17.1 Å². The van der Waals surface area contributed by atoms with Crippen LogP contribution < -0.4 is 4.90 Å². The first kappa shape index (κ1) is 16.0. The van der Waals surface area contributed by atoms with Crippen LogP contribution in [0.25, 0.3) is 10.8 Å². The van der Waals surface area contributed by atoms with E-state index in [-0.39, 0.29) is 11.9 Å². The van der Waals surface area contributed by atoms with Crippen LogP contribution in [0, 0.1) is 0 Å². The van der Waals surface area contributed by atoms with Crippen molar-refractivity contribution in [1.29, 1.82) is 0 Å². The molecule has 1 N–H and O–H groups in total. The molecule has 0 saturated carbocycles. The standard InChI is InChI=1S/C17H18N4O3S/c1-12(15-18-19-16(24-15)14-5-3-11-25-14)20-6-8-21(9-7-20)17(22)13-4-2-10-23-13/h2-5,10-12H,6-9H2,1H3/p+1/t12-/m0/s1. The lowest BCUT2D eigenvalue weighted by atomic mass is 10.2. The summed E-state index contributed by atoms with van der Waals surface area (Å²) in [6.45, 7) is 5.13. The van der Waals surface area contributed by atoms with Crippen molar-refractivity contribution in [2.45, 2.75) is 13.0 Å². The number of hydrogen-bond donors (Lipinski definition) is 1. The van der Waals surface area contributed by atoms with Crippen LogP contribution >= 0.6 is 11.3 Å². The quantitative estimate of drug-likeness (QED) is 0.764. The summed E-state index contributed by atoms with van der Waals surface area (Å²) in [5.41, 5.74) is 0. The minimum absolute atomic E-state index is 0.0468. The van der Waals surface area contributed by atoms with E-state index in [9.17, 15) is 4.79 Å². The number of furan rings is 1. The Labute approximate surface area is 148 Å². The van der Waals surface area contributed by atoms with Crippen molar-refractivity contribution in [1.82, 2.24) is 15.1 Å². The summed E-state index contributed by atoms with van der Waals surface area (Å²) in [6, 6.07) is 7.47. The molecule has 1 aliphatic rings. The smallest absolute Gasteiger partial charge is 0.289 e. The molecule has 4 heterocycles. The zero-order valence-electron chi connectivity index (χ0n) is 13.8. The van der Waals surface area contributed by atoms with Crippen LogP contribution in [0.5, 0.6) is 0 Å². The number of carbonyl (C=O) groups is 1. The van der Waals surface area contributed by atoms with E-state index in [1.807, 2.05) is 22.4 Å². The van der Waals surface area contributed by atoms with Crippen molar-refractivity contribution < 1.29 is 18.5 Å². The average molecular weight is 359 g/mol. The van der Waals surface area contributed by atoms with Crippen molar-refractivity contribution in [3.05, 3.63) is 47.6 Å². The molecule has 1 saturated heterocycles. The molecule has 4 rings (SSSR count). The topological polar surface area (TPSA) is 76.8 Å². The van der Waals surface area contributed by atoms with E-state index in [0.717, 1.165) is 18.0 Å². The lowest BCUT2D eigenvalue weighted by Crippen LogP contribution is -3.14. The largest absolute Gasteiger partial charge is 0.459 e. The number of rotatable bonds is 4. The van der Waals surface area contributed by atoms with Gasteiger partial charge in [0.25, 0.3) is 17.7 Å². The van der Waals surface area contributed by atoms with Gasteiger partial charge in [0.05, 0.1) is 37.3 Å². The minimum atomic E-state index is -0.0468. The minimum Gasteiger partial charge on any atom is -0.459 e. The van der Waals surface area contributed by atoms with E-state index >= 15 is 0 Å². The van der Waals surface area contributed by atoms with Gasteiger partial charge in [-0.3, -0.25) is 4.79 Å². The first-order valence-electron chi connectivity index (χ1n) is 8.27. The molecule has 25 heavy (non-hydrogen) atoms. The zero-order chi connectivity index (χ0) is 17.2. The average Bonchev–Trinajstić information content (AvgIpc) is 3.42. The summed E-state index contributed by atoms with van der Waals surface area (Å²) in [5, 5.41) is 10.4. The van der Waals surface area contributed by atoms with Gasteiger partial charge >= 0.3 is 0 Å². The third-order valence-corrected chi connectivity index (χ3v) is 5.44. The van der Waals surface area contributed by atoms with Crippen LogP contribution in [0.4, 0.5) is 0 Å². The van der Waals surface area contributed by atoms with E-state index < -0.39 is 0 Å². The second-order valence-electron chi connectivity index (χ2n) is 6.07. The maximum atomic E-state index is 12.3. The Balaban J connectivity index is 1.38. The van der Waals surface area contributed by atoms with Crippen LogP contribution in [0.2, 0.25) is 0 Å². The number of nitrogens with one attached hydrogen (secondary N) is 1. The van der Waals surface area contributed by atoms with Crippen molar-refractivity contribution in [3.8, 4) is 10.8 Å². The lowest BCUT2D eigenvalue weighted by Gasteiger charge is -2.33. The molecule has 1 aliphatic heterocycles. The number of nitrogens with zero attached hydrogens (tertiary/aromatic N) is 3. The Morgan fingerprint density at radius 1 is 1.28 bits per heavy atom. The van der Waals surface area contributed by atoms with Gasteiger partial charge in [0.2, 0.25) is 0 Å². The van der Waals surface area contributed by atoms with Gasteiger partial charge in [-0.15, -0.1) is 21.5 Å². The monoisotopic (exact) mass is 359 g/mol. The fraction of sp³-hybridized carbons (Fsp3) is 0.353. The number of carbonyl (C=O) groups excluding carboxylic acids is 1. The van der Waals surface area contributed by atoms with Gasteiger partial charge in [-0.1, -0.05) is 6.07 Å². The second-order valence-corrected chi connectivity index (χ2v) is 7.02. The number of piperazine rings is 1. The highest BCUT2D eigenvalue weighted by molar-refractivity contribution is 7.13. The van der Waals surface area contributed by atoms with Gasteiger partial charge in [-0.2, -0.15) is 0 Å². The molecule has 1 atom stereocenters. The number of aromatic nitrogens is 2. The van der Waals surface area contributed by atoms with Gasteiger partial charge in [0.1, 0.15) is 0 Å². The first-order valence-corrected chi connectivity index (χ1v) is 9.15. The zero-order valence-corrected chi connectivity index (χ0v) is 14.7. The highest BCUT2D eigenvalue weighted by Gasteiger charge is 2.31. The number of amides is 1. The van der Waals surface area contributed by atoms with Crippen molar-refractivity contribution in [2.75, 3.05) is 26.2 Å². The highest BCUT2D eigenvalue weighted by atomic mass is 32.1. The fourth-order valence-electron chi connectivity index (χ4n) is 3.07. The predicted molar refractivity (Wildman–Crippen MR) is 91.3 cm³/mol. The van der Waals surface area contributed by atoms with Crippen molar-refractivity contribution in [3.63, 3.8) is 0 Å². The molecule has 0 aromatic carbocycles. The normalized spacial score (nSPS) is 16.9. The summed E-state index contributed by atoms with van der Waals surface area (Å²) < 4.78 is 11.0. The predicted octanol–water partition coefficient (Wildman–Crippen LogP) is 1.49. The Morgan fingerprint density at radius 2 is 2.12 bits per heavy atom. The fourth-order valence-corrected chi connectivity index (χ4v) is 3.71. The Bertz CT molecular complexity index is 820. The van der Waals surface area contributed by atoms with Crippen LogP contribution in [0.3, 0.4) is 0 Å². The Hall–Kier alpha value is -2.45. The highest BCUT2D eigenvalue weighted by Crippen LogP contribution is 2.24. The molecule has 130 valence electrons. The third kappa shape index (κ3) is 3.22. The van der Waals surface area contributed by atoms with Gasteiger partial charge in [-0.05, 0) is 30.5 Å². The second kappa shape index (κ2) is 6.81. The molecule has 1 amide bonds. The maximum Gasteiger partial charge on any atom is 0.289 e. The number of quaternary nitrogens is 1. The molecule has 3 aromatic heterocycles. The Morgan fingerprint density at radius 3 is 2.80 bits per heavy atom. The summed E-state index contributed by atoms with van der Waals surface area (Å²) >= 11 is 1.58. The Kier molecular flexibility index (Phi) is 4.37. The van der Waals surface area contributed by atoms with Crippen molar-refractivity contribution in [2.24, 2.45) is 0 Å². The molecule has 0 aliphatic carbocycles. The van der Waals surface area contributed by atoms with E-state index in [1.165, 1.54) is 11.2 Å². The number of hydrogen-bond acceptors (Lipinski definition) is 6. The van der Waals surface area contributed by atoms with Gasteiger partial charge in [-0.25, -0.2) is 0 Å². The van der Waals surface area contributed by atoms with Gasteiger partial charge < -0.3 is 18.6 Å². The molecule has 0 unspecified atom stereocenters. The summed E-state index contributed by atoms with van der Waals surface area (Å²) in [4.78, 5) is 16.5. The summed E-state index contributed by atoms with van der Waals surface area (Å²) in [7, 11) is 0. The molecule has 0 spiro atoms. The summed E-state index contributed by atoms with van der Waals surface area (Å²) in [5.74, 6) is 1.57. The molecular formula is C17H19N4O3S+. The number of thiophene rings is 1. The first-order chi connectivity index (χ1) is 12.2. The van der Waals surface area contributed by atoms with Crippen LogP contribution in [-0.2, 0) is 0 Å². The molecule has 0 radical (unpaired) electrons. The van der Waals surface area contributed by atoms with Crippen molar-refractivity contribution >= 4 is 17.2 Å². The third-order valence-electron chi connectivity index (χ3n) is 4.58. The van der Waals surface area contributed by atoms with E-state index in [4.69, 9.17) is 8.83 Å². The van der Waals surface area contributed by atoms with Gasteiger partial charge in [0, 0.05) is 0 Å². The molecule has 1 fully saturated rings. The van der Waals surface area contributed by atoms with Crippen LogP contribution in [-0.4, -0.2) is 47.2 Å². The maximum absolute atomic E-state index is 12.3. The van der Waals surface area contributed by atoms with E-state index in [0.29, 0.717) is 30.6 Å². The molecule has 3 aromatic rings. The molecule has 7 nitrogen and oxygen atoms in total. The van der Waals surface area contributed by atoms with E-state index in [1.54, 1.807) is 23.5 Å². The van der Waals surface area contributed by atoms with Crippen LogP contribution in [0.1, 0.15) is 29.4 Å². The lowest BCUT2D eigenvalue weighted by molar-refractivity contribution is -0.934.